The first-order chi connectivity index (χ1) is 7.09. The van der Waals surface area contributed by atoms with E-state index in [4.69, 9.17) is 10.8 Å². The summed E-state index contributed by atoms with van der Waals surface area (Å²) in [5.74, 6) is -1.43. The van der Waals surface area contributed by atoms with Crippen LogP contribution >= 0.6 is 11.8 Å². The third-order valence-corrected chi connectivity index (χ3v) is 2.47. The predicted molar refractivity (Wildman–Crippen MR) is 52.2 cm³/mol. The van der Waals surface area contributed by atoms with Gasteiger partial charge in [-0.2, -0.15) is 0 Å². The number of thioether (sulfide) groups is 1. The van der Waals surface area contributed by atoms with Crippen LogP contribution in [0.2, 0.25) is 0 Å². The molecule has 0 aliphatic rings. The maximum Gasteiger partial charge on any atom is 0.313 e. The van der Waals surface area contributed by atoms with E-state index in [9.17, 15) is 9.59 Å². The molecule has 0 fully saturated rings. The van der Waals surface area contributed by atoms with Gasteiger partial charge in [0.2, 0.25) is 5.91 Å². The molecular formula is C7H10N4O3S. The predicted octanol–water partition coefficient (Wildman–Crippen LogP) is -0.670. The molecule has 7 nitrogen and oxygen atoms in total. The van der Waals surface area contributed by atoms with Gasteiger partial charge in [0, 0.05) is 13.0 Å². The van der Waals surface area contributed by atoms with Crippen LogP contribution in [0.4, 0.5) is 0 Å². The average molecular weight is 230 g/mol. The van der Waals surface area contributed by atoms with Crippen LogP contribution in [0.15, 0.2) is 11.5 Å². The number of nitrogens with two attached hydrogens (primary N) is 1. The molecule has 1 aromatic heterocycles. The molecule has 0 aliphatic carbocycles. The second-order valence-corrected chi connectivity index (χ2v) is 3.65. The first kappa shape index (κ1) is 11.5. The number of carbonyl (C=O) groups excluding carboxylic acids is 1. The van der Waals surface area contributed by atoms with Crippen molar-refractivity contribution in [2.75, 3.05) is 5.75 Å². The highest BCUT2D eigenvalue weighted by atomic mass is 32.2. The van der Waals surface area contributed by atoms with Crippen LogP contribution < -0.4 is 5.73 Å². The van der Waals surface area contributed by atoms with Crippen LogP contribution in [-0.4, -0.2) is 37.5 Å². The van der Waals surface area contributed by atoms with Crippen LogP contribution in [0.25, 0.3) is 0 Å². The fraction of sp³-hybridized carbons (Fsp3) is 0.429. The molecule has 0 aromatic carbocycles. The summed E-state index contributed by atoms with van der Waals surface area (Å²) < 4.78 is 1.60. The Morgan fingerprint density at radius 2 is 2.33 bits per heavy atom. The SMILES string of the molecule is NC(=O)CCn1cnnc1SCC(=O)O. The summed E-state index contributed by atoms with van der Waals surface area (Å²) in [7, 11) is 0. The molecule has 0 saturated carbocycles. The van der Waals surface area contributed by atoms with Gasteiger partial charge in [0.1, 0.15) is 6.33 Å². The van der Waals surface area contributed by atoms with Gasteiger partial charge in [0.15, 0.2) is 5.16 Å². The quantitative estimate of drug-likeness (QED) is 0.627. The molecule has 0 atom stereocenters. The largest absolute Gasteiger partial charge is 0.481 e. The van der Waals surface area contributed by atoms with Crippen LogP contribution in [0.1, 0.15) is 6.42 Å². The third-order valence-electron chi connectivity index (χ3n) is 1.50. The number of carboxylic acids is 1. The second-order valence-electron chi connectivity index (χ2n) is 2.71. The number of carboxylic acid groups (broad SMARTS) is 1. The molecule has 1 aromatic rings. The lowest BCUT2D eigenvalue weighted by Crippen LogP contribution is -2.14. The van der Waals surface area contributed by atoms with E-state index in [0.717, 1.165) is 11.8 Å². The summed E-state index contributed by atoms with van der Waals surface area (Å²) in [6.45, 7) is 0.365. The summed E-state index contributed by atoms with van der Waals surface area (Å²) in [5.41, 5.74) is 4.99. The van der Waals surface area contributed by atoms with Crippen molar-refractivity contribution in [1.82, 2.24) is 14.8 Å². The number of aromatic nitrogens is 3. The van der Waals surface area contributed by atoms with E-state index in [-0.39, 0.29) is 12.2 Å². The van der Waals surface area contributed by atoms with E-state index in [1.807, 2.05) is 0 Å². The minimum Gasteiger partial charge on any atom is -0.481 e. The Labute approximate surface area is 89.7 Å². The van der Waals surface area contributed by atoms with Crippen LogP contribution in [0, 0.1) is 0 Å². The Hall–Kier alpha value is -1.57. The van der Waals surface area contributed by atoms with E-state index in [0.29, 0.717) is 11.7 Å². The smallest absolute Gasteiger partial charge is 0.313 e. The van der Waals surface area contributed by atoms with Gasteiger partial charge in [-0.15, -0.1) is 10.2 Å². The minimum absolute atomic E-state index is 0.0880. The molecule has 8 heteroatoms. The fourth-order valence-corrected chi connectivity index (χ4v) is 1.53. The summed E-state index contributed by atoms with van der Waals surface area (Å²) in [4.78, 5) is 20.9. The Morgan fingerprint density at radius 1 is 1.60 bits per heavy atom. The lowest BCUT2D eigenvalue weighted by Gasteiger charge is -2.02. The van der Waals surface area contributed by atoms with Crippen molar-refractivity contribution in [3.63, 3.8) is 0 Å². The molecule has 82 valence electrons. The Bertz CT molecular complexity index is 332. The maximum absolute atomic E-state index is 10.5. The lowest BCUT2D eigenvalue weighted by atomic mass is 10.4. The number of hydrogen-bond acceptors (Lipinski definition) is 5. The number of rotatable bonds is 6. The highest BCUT2D eigenvalue weighted by Gasteiger charge is 2.07. The number of carbonyl (C=O) groups is 2. The second kappa shape index (κ2) is 5.35. The Kier molecular flexibility index (Phi) is 4.10. The zero-order chi connectivity index (χ0) is 11.3. The Balaban J connectivity index is 2.53. The van der Waals surface area contributed by atoms with E-state index >= 15 is 0 Å². The topological polar surface area (TPSA) is 111 Å². The van der Waals surface area contributed by atoms with Gasteiger partial charge in [-0.25, -0.2) is 0 Å². The van der Waals surface area contributed by atoms with Crippen molar-refractivity contribution >= 4 is 23.6 Å². The molecule has 0 bridgehead atoms. The third kappa shape index (κ3) is 3.98. The van der Waals surface area contributed by atoms with Crippen LogP contribution in [0.3, 0.4) is 0 Å². The molecule has 0 spiro atoms. The monoisotopic (exact) mass is 230 g/mol. The molecule has 0 saturated heterocycles. The standard InChI is InChI=1S/C7H10N4O3S/c8-5(12)1-2-11-4-9-10-7(11)15-3-6(13)14/h4H,1-3H2,(H2,8,12)(H,13,14). The molecule has 15 heavy (non-hydrogen) atoms. The maximum atomic E-state index is 10.5. The average Bonchev–Trinajstić information content (AvgIpc) is 2.58. The highest BCUT2D eigenvalue weighted by Crippen LogP contribution is 2.14. The minimum atomic E-state index is -0.926. The van der Waals surface area contributed by atoms with Crippen molar-refractivity contribution in [3.05, 3.63) is 6.33 Å². The van der Waals surface area contributed by atoms with Gasteiger partial charge in [-0.3, -0.25) is 9.59 Å². The highest BCUT2D eigenvalue weighted by molar-refractivity contribution is 7.99. The normalized spacial score (nSPS) is 10.1. The summed E-state index contributed by atoms with van der Waals surface area (Å²) in [6, 6.07) is 0. The van der Waals surface area contributed by atoms with Crippen molar-refractivity contribution in [1.29, 1.82) is 0 Å². The first-order valence-corrected chi connectivity index (χ1v) is 5.09. The van der Waals surface area contributed by atoms with Crippen molar-refractivity contribution < 1.29 is 14.7 Å². The van der Waals surface area contributed by atoms with Gasteiger partial charge >= 0.3 is 5.97 Å². The van der Waals surface area contributed by atoms with Crippen LogP contribution in [0.5, 0.6) is 0 Å². The van der Waals surface area contributed by atoms with Gasteiger partial charge in [-0.05, 0) is 0 Å². The summed E-state index contributed by atoms with van der Waals surface area (Å²) in [6.07, 6.45) is 1.62. The zero-order valence-corrected chi connectivity index (χ0v) is 8.61. The van der Waals surface area contributed by atoms with Crippen molar-refractivity contribution in [2.24, 2.45) is 5.73 Å². The van der Waals surface area contributed by atoms with Gasteiger partial charge in [0.05, 0.1) is 5.75 Å². The zero-order valence-electron chi connectivity index (χ0n) is 7.79. The van der Waals surface area contributed by atoms with Gasteiger partial charge in [-0.1, -0.05) is 11.8 Å². The van der Waals surface area contributed by atoms with E-state index in [2.05, 4.69) is 10.2 Å². The van der Waals surface area contributed by atoms with E-state index in [1.54, 1.807) is 4.57 Å². The number of aryl methyl sites for hydroxylation is 1. The van der Waals surface area contributed by atoms with E-state index in [1.165, 1.54) is 6.33 Å². The molecule has 0 radical (unpaired) electrons. The fourth-order valence-electron chi connectivity index (χ4n) is 0.866. The number of primary amides is 1. The molecule has 0 unspecified atom stereocenters. The molecule has 1 heterocycles. The number of aliphatic carboxylic acids is 1. The molecule has 3 N–H and O–H groups in total. The van der Waals surface area contributed by atoms with E-state index < -0.39 is 11.9 Å². The number of amides is 1. The van der Waals surface area contributed by atoms with Crippen molar-refractivity contribution in [2.45, 2.75) is 18.1 Å². The Morgan fingerprint density at radius 3 is 2.93 bits per heavy atom. The number of nitrogens with zero attached hydrogens (tertiary/aromatic N) is 3. The van der Waals surface area contributed by atoms with Crippen molar-refractivity contribution in [3.8, 4) is 0 Å². The molecule has 0 aliphatic heterocycles. The molecule has 1 rings (SSSR count). The molecule has 1 amide bonds. The summed E-state index contributed by atoms with van der Waals surface area (Å²) >= 11 is 1.05. The first-order valence-electron chi connectivity index (χ1n) is 4.10. The molecular weight excluding hydrogens is 220 g/mol. The van der Waals surface area contributed by atoms with Crippen LogP contribution in [-0.2, 0) is 16.1 Å². The summed E-state index contributed by atoms with van der Waals surface area (Å²) in [5, 5.41) is 16.3. The van der Waals surface area contributed by atoms with Gasteiger partial charge < -0.3 is 15.4 Å². The van der Waals surface area contributed by atoms with Gasteiger partial charge in [0.25, 0.3) is 0 Å². The lowest BCUT2D eigenvalue weighted by molar-refractivity contribution is -0.134. The number of hydrogen-bond donors (Lipinski definition) is 2.